The Kier molecular flexibility index (Phi) is 10.5. The molecule has 0 aromatic heterocycles. The first-order valence-corrected chi connectivity index (χ1v) is 11.3. The Labute approximate surface area is 190 Å². The number of nitrogens with one attached hydrogen (secondary N) is 2. The van der Waals surface area contributed by atoms with Gasteiger partial charge in [-0.3, -0.25) is 0 Å². The van der Waals surface area contributed by atoms with Gasteiger partial charge in [-0.25, -0.2) is 4.39 Å². The molecule has 2 aliphatic rings. The first kappa shape index (κ1) is 25.7. The second kappa shape index (κ2) is 13.1. The first-order chi connectivity index (χ1) is 15.7. The highest BCUT2D eigenvalue weighted by Gasteiger charge is 2.47. The Morgan fingerprint density at radius 3 is 2.56 bits per heavy atom. The van der Waals surface area contributed by atoms with Gasteiger partial charge >= 0.3 is 0 Å². The van der Waals surface area contributed by atoms with E-state index in [1.54, 1.807) is 6.07 Å². The van der Waals surface area contributed by atoms with Crippen molar-refractivity contribution in [1.82, 2.24) is 10.6 Å². The molecule has 1 saturated carbocycles. The lowest BCUT2D eigenvalue weighted by atomic mass is 9.58. The third-order valence-electron chi connectivity index (χ3n) is 6.34. The van der Waals surface area contributed by atoms with Crippen LogP contribution in [0, 0.1) is 5.82 Å². The first-order valence-electron chi connectivity index (χ1n) is 11.3. The van der Waals surface area contributed by atoms with Crippen LogP contribution >= 0.6 is 0 Å². The lowest BCUT2D eigenvalue weighted by Gasteiger charge is -2.50. The Hall–Kier alpha value is -2.57. The van der Waals surface area contributed by atoms with Crippen molar-refractivity contribution < 1.29 is 18.7 Å². The van der Waals surface area contributed by atoms with Gasteiger partial charge in [0, 0.05) is 18.0 Å². The van der Waals surface area contributed by atoms with Crippen LogP contribution in [0.3, 0.4) is 0 Å². The zero-order chi connectivity index (χ0) is 23.4. The number of carbonyl (C=O) groups excluding carboxylic acids is 2. The number of ether oxygens (including phenoxy) is 1. The van der Waals surface area contributed by atoms with Crippen LogP contribution < -0.4 is 15.4 Å². The number of halogens is 1. The van der Waals surface area contributed by atoms with Gasteiger partial charge in [0.1, 0.15) is 31.8 Å². The fourth-order valence-electron chi connectivity index (χ4n) is 4.76. The van der Waals surface area contributed by atoms with Crippen molar-refractivity contribution in [2.24, 2.45) is 0 Å². The molecule has 1 atom stereocenters. The molecule has 2 aromatic carbocycles. The van der Waals surface area contributed by atoms with Crippen molar-refractivity contribution in [2.75, 3.05) is 26.2 Å². The topological polar surface area (TPSA) is 67.4 Å². The van der Waals surface area contributed by atoms with Gasteiger partial charge in [0.15, 0.2) is 0 Å². The maximum Gasteiger partial charge on any atom is 0.123 e. The number of benzene rings is 2. The molecule has 2 N–H and O–H groups in total. The fourth-order valence-corrected chi connectivity index (χ4v) is 4.76. The van der Waals surface area contributed by atoms with Gasteiger partial charge in [-0.2, -0.15) is 0 Å². The van der Waals surface area contributed by atoms with Crippen molar-refractivity contribution in [1.29, 1.82) is 0 Å². The summed E-state index contributed by atoms with van der Waals surface area (Å²) in [4.78, 5) is 16.0. The van der Waals surface area contributed by atoms with E-state index in [4.69, 9.17) is 14.3 Å². The Morgan fingerprint density at radius 1 is 1.12 bits per heavy atom. The third-order valence-corrected chi connectivity index (χ3v) is 6.34. The van der Waals surface area contributed by atoms with Gasteiger partial charge in [-0.15, -0.1) is 0 Å². The summed E-state index contributed by atoms with van der Waals surface area (Å²) in [6.07, 6.45) is 5.56. The molecule has 1 fully saturated rings. The molecule has 0 spiro atoms. The maximum absolute atomic E-state index is 14.0. The van der Waals surface area contributed by atoms with Gasteiger partial charge in [0.25, 0.3) is 0 Å². The molecule has 0 bridgehead atoms. The molecule has 1 heterocycles. The lowest BCUT2D eigenvalue weighted by molar-refractivity contribution is -0.0987. The molecule has 0 radical (unpaired) electrons. The minimum atomic E-state index is -0.142. The number of fused-ring (bicyclic) bond motifs is 1. The van der Waals surface area contributed by atoms with Gasteiger partial charge in [0.05, 0.1) is 0 Å². The van der Waals surface area contributed by atoms with Gasteiger partial charge in [-0.1, -0.05) is 31.5 Å². The molecule has 32 heavy (non-hydrogen) atoms. The summed E-state index contributed by atoms with van der Waals surface area (Å²) in [7, 11) is 0. The van der Waals surface area contributed by atoms with Crippen molar-refractivity contribution >= 4 is 13.6 Å². The van der Waals surface area contributed by atoms with Crippen LogP contribution in [0.4, 0.5) is 4.39 Å². The number of hydrogen-bond acceptors (Lipinski definition) is 5. The minimum Gasteiger partial charge on any atom is -0.492 e. The minimum absolute atomic E-state index is 0.0153. The van der Waals surface area contributed by atoms with E-state index in [0.29, 0.717) is 6.61 Å². The van der Waals surface area contributed by atoms with Crippen molar-refractivity contribution in [3.8, 4) is 5.75 Å². The second-order valence-electron chi connectivity index (χ2n) is 8.12. The molecule has 4 rings (SSSR count). The predicted octanol–water partition coefficient (Wildman–Crippen LogP) is 4.14. The van der Waals surface area contributed by atoms with Crippen LogP contribution in [0.2, 0.25) is 0 Å². The SMILES string of the molecule is C=O.C=O.CCCNCCOc1ccc2c(c1)C(C1(c3cccc(F)c3)CCC1)NCC2. The monoisotopic (exact) mass is 442 g/mol. The smallest absolute Gasteiger partial charge is 0.123 e. The standard InChI is InChI=1S/C24H31FN2O.2CH2O/c1-2-12-26-14-15-28-21-8-7-18-9-13-27-23(22(18)17-21)24(10-4-11-24)19-5-3-6-20(25)16-19;2*1-2/h3,5-8,16-17,23,26-27H,2,4,9-15H2,1H3;2*1H2. The molecule has 2 aromatic rings. The van der Waals surface area contributed by atoms with Crippen molar-refractivity contribution in [3.05, 3.63) is 65.0 Å². The van der Waals surface area contributed by atoms with Gasteiger partial charge in [0.2, 0.25) is 0 Å². The Balaban J connectivity index is 0.000000860. The van der Waals surface area contributed by atoms with E-state index in [2.05, 4.69) is 41.8 Å². The van der Waals surface area contributed by atoms with Crippen LogP contribution in [0.15, 0.2) is 42.5 Å². The van der Waals surface area contributed by atoms with Crippen molar-refractivity contribution in [3.63, 3.8) is 0 Å². The summed E-state index contributed by atoms with van der Waals surface area (Å²) in [6, 6.07) is 14.0. The highest BCUT2D eigenvalue weighted by Crippen LogP contribution is 2.53. The van der Waals surface area contributed by atoms with Crippen LogP contribution in [-0.4, -0.2) is 39.8 Å². The summed E-state index contributed by atoms with van der Waals surface area (Å²) in [5.41, 5.74) is 3.83. The zero-order valence-corrected chi connectivity index (χ0v) is 19.0. The van der Waals surface area contributed by atoms with Crippen LogP contribution in [0.1, 0.15) is 55.3 Å². The van der Waals surface area contributed by atoms with Crippen LogP contribution in [0.25, 0.3) is 0 Å². The van der Waals surface area contributed by atoms with Gasteiger partial charge < -0.3 is 25.0 Å². The van der Waals surface area contributed by atoms with E-state index in [0.717, 1.165) is 56.6 Å². The van der Waals surface area contributed by atoms with E-state index in [9.17, 15) is 4.39 Å². The Bertz CT molecular complexity index is 840. The predicted molar refractivity (Wildman–Crippen MR) is 126 cm³/mol. The molecule has 5 nitrogen and oxygen atoms in total. The second-order valence-corrected chi connectivity index (χ2v) is 8.12. The van der Waals surface area contributed by atoms with E-state index in [1.807, 2.05) is 19.6 Å². The molecule has 6 heteroatoms. The maximum atomic E-state index is 14.0. The number of carbonyl (C=O) groups is 2. The summed E-state index contributed by atoms with van der Waals surface area (Å²) in [5.74, 6) is 0.788. The highest BCUT2D eigenvalue weighted by molar-refractivity contribution is 5.44. The molecular formula is C26H35FN2O3. The summed E-state index contributed by atoms with van der Waals surface area (Å²) >= 11 is 0. The third kappa shape index (κ3) is 5.81. The quantitative estimate of drug-likeness (QED) is 0.602. The molecule has 1 aliphatic heterocycles. The van der Waals surface area contributed by atoms with Crippen molar-refractivity contribution in [2.45, 2.75) is 50.5 Å². The summed E-state index contributed by atoms with van der Waals surface area (Å²) < 4.78 is 20.0. The van der Waals surface area contributed by atoms with E-state index in [-0.39, 0.29) is 17.3 Å². The van der Waals surface area contributed by atoms with E-state index >= 15 is 0 Å². The number of rotatable bonds is 8. The van der Waals surface area contributed by atoms with E-state index < -0.39 is 0 Å². The normalized spacial score (nSPS) is 18.0. The summed E-state index contributed by atoms with van der Waals surface area (Å²) in [5, 5.41) is 7.13. The molecule has 174 valence electrons. The fraction of sp³-hybridized carbons (Fsp3) is 0.462. The van der Waals surface area contributed by atoms with Crippen LogP contribution in [-0.2, 0) is 21.4 Å². The zero-order valence-electron chi connectivity index (χ0n) is 19.0. The highest BCUT2D eigenvalue weighted by atomic mass is 19.1. The Morgan fingerprint density at radius 2 is 1.91 bits per heavy atom. The van der Waals surface area contributed by atoms with Gasteiger partial charge in [-0.05, 0) is 79.7 Å². The van der Waals surface area contributed by atoms with E-state index in [1.165, 1.54) is 23.6 Å². The molecule has 0 saturated heterocycles. The molecular weight excluding hydrogens is 407 g/mol. The number of hydrogen-bond donors (Lipinski definition) is 2. The summed E-state index contributed by atoms with van der Waals surface area (Å²) in [6.45, 7) is 9.69. The average Bonchev–Trinajstić information content (AvgIpc) is 2.81. The average molecular weight is 443 g/mol. The molecule has 0 amide bonds. The largest absolute Gasteiger partial charge is 0.492 e. The van der Waals surface area contributed by atoms with Crippen LogP contribution in [0.5, 0.6) is 5.75 Å². The molecule has 1 unspecified atom stereocenters. The molecule has 1 aliphatic carbocycles. The lowest BCUT2D eigenvalue weighted by Crippen LogP contribution is -2.49.